The van der Waals surface area contributed by atoms with Crippen molar-refractivity contribution in [3.63, 3.8) is 0 Å². The molecule has 0 atom stereocenters. The minimum absolute atomic E-state index is 0.0255. The van der Waals surface area contributed by atoms with Crippen LogP contribution in [0.25, 0.3) is 0 Å². The van der Waals surface area contributed by atoms with Gasteiger partial charge in [-0.2, -0.15) is 4.31 Å². The Hall–Kier alpha value is -2.53. The van der Waals surface area contributed by atoms with Gasteiger partial charge in [0.25, 0.3) is 0 Å². The molecular weight excluding hydrogens is 467 g/mol. The maximum atomic E-state index is 12.9. The van der Waals surface area contributed by atoms with Crippen molar-refractivity contribution in [3.05, 3.63) is 75.5 Å². The Morgan fingerprint density at radius 2 is 1.81 bits per heavy atom. The first-order valence-corrected chi connectivity index (χ1v) is 11.6. The van der Waals surface area contributed by atoms with Gasteiger partial charge < -0.3 is 9.47 Å². The van der Waals surface area contributed by atoms with E-state index in [1.165, 1.54) is 66.9 Å². The molecule has 164 valence electrons. The molecule has 0 fully saturated rings. The van der Waals surface area contributed by atoms with Gasteiger partial charge in [0.1, 0.15) is 36.3 Å². The predicted octanol–water partition coefficient (Wildman–Crippen LogP) is 3.88. The maximum absolute atomic E-state index is 12.9. The minimum atomic E-state index is -3.85. The number of rotatable bonds is 9. The van der Waals surface area contributed by atoms with Crippen molar-refractivity contribution in [2.24, 2.45) is 0 Å². The molecule has 0 aliphatic rings. The van der Waals surface area contributed by atoms with Crippen molar-refractivity contribution >= 4 is 38.9 Å². The second-order valence-corrected chi connectivity index (χ2v) is 9.77. The summed E-state index contributed by atoms with van der Waals surface area (Å²) >= 11 is 7.10. The van der Waals surface area contributed by atoms with E-state index in [0.29, 0.717) is 21.5 Å². The van der Waals surface area contributed by atoms with Gasteiger partial charge in [-0.1, -0.05) is 11.6 Å². The number of carbonyl (C=O) groups is 1. The average molecular weight is 485 g/mol. The van der Waals surface area contributed by atoms with Gasteiger partial charge in [0, 0.05) is 17.5 Å². The molecular formula is C20H18ClFN2O5S2. The maximum Gasteiger partial charge on any atom is 0.321 e. The normalized spacial score (nSPS) is 11.5. The van der Waals surface area contributed by atoms with E-state index >= 15 is 0 Å². The molecule has 0 saturated carbocycles. The average Bonchev–Trinajstić information content (AvgIpc) is 3.20. The highest BCUT2D eigenvalue weighted by Crippen LogP contribution is 2.18. The van der Waals surface area contributed by atoms with Crippen LogP contribution in [0.15, 0.2) is 58.8 Å². The Labute approximate surface area is 188 Å². The summed E-state index contributed by atoms with van der Waals surface area (Å²) < 4.78 is 49.4. The lowest BCUT2D eigenvalue weighted by Gasteiger charge is -2.16. The number of ether oxygens (including phenoxy) is 2. The number of hydrogen-bond acceptors (Lipinski definition) is 7. The molecule has 1 heterocycles. The van der Waals surface area contributed by atoms with Crippen LogP contribution in [0.5, 0.6) is 5.75 Å². The smallest absolute Gasteiger partial charge is 0.321 e. The third kappa shape index (κ3) is 6.47. The van der Waals surface area contributed by atoms with E-state index < -0.39 is 22.5 Å². The van der Waals surface area contributed by atoms with Crippen molar-refractivity contribution in [3.8, 4) is 5.75 Å². The molecule has 7 nitrogen and oxygen atoms in total. The van der Waals surface area contributed by atoms with E-state index in [1.807, 2.05) is 0 Å². The van der Waals surface area contributed by atoms with Crippen LogP contribution in [-0.2, 0) is 32.8 Å². The lowest BCUT2D eigenvalue weighted by atomic mass is 10.3. The van der Waals surface area contributed by atoms with Gasteiger partial charge >= 0.3 is 5.97 Å². The van der Waals surface area contributed by atoms with Crippen LogP contribution >= 0.6 is 22.9 Å². The number of sulfonamides is 1. The number of halogens is 2. The Bertz CT molecular complexity index is 1140. The molecule has 3 aromatic rings. The van der Waals surface area contributed by atoms with E-state index in [4.69, 9.17) is 21.1 Å². The quantitative estimate of drug-likeness (QED) is 0.428. The number of likely N-dealkylation sites (N-methyl/N-ethyl adjacent to an activating group) is 1. The Morgan fingerprint density at radius 1 is 1.13 bits per heavy atom. The fourth-order valence-electron chi connectivity index (χ4n) is 2.41. The van der Waals surface area contributed by atoms with Crippen LogP contribution < -0.4 is 4.74 Å². The Morgan fingerprint density at radius 3 is 2.48 bits per heavy atom. The number of esters is 1. The highest BCUT2D eigenvalue weighted by Gasteiger charge is 2.23. The second-order valence-electron chi connectivity index (χ2n) is 6.35. The van der Waals surface area contributed by atoms with Gasteiger partial charge in [-0.05, 0) is 48.5 Å². The largest absolute Gasteiger partial charge is 0.486 e. The number of hydrogen-bond donors (Lipinski definition) is 0. The second kappa shape index (κ2) is 10.2. The van der Waals surface area contributed by atoms with Crippen molar-refractivity contribution in [1.82, 2.24) is 9.29 Å². The molecule has 0 amide bonds. The standard InChI is InChI=1S/C20H18ClFN2O5S2/c1-24(31(26,27)18-8-2-14(21)3-9-18)10-20(25)29-11-16-13-30-19(23-16)12-28-17-6-4-15(22)5-7-17/h2-9,13H,10-12H2,1H3. The van der Waals surface area contributed by atoms with Crippen LogP contribution in [0.3, 0.4) is 0 Å². The minimum Gasteiger partial charge on any atom is -0.486 e. The number of aromatic nitrogens is 1. The first kappa shape index (κ1) is 23.1. The lowest BCUT2D eigenvalue weighted by molar-refractivity contribution is -0.145. The predicted molar refractivity (Wildman–Crippen MR) is 114 cm³/mol. The molecule has 0 radical (unpaired) electrons. The SMILES string of the molecule is CN(CC(=O)OCc1csc(COc2ccc(F)cc2)n1)S(=O)(=O)c1ccc(Cl)cc1. The van der Waals surface area contributed by atoms with Crippen LogP contribution in [-0.4, -0.2) is 37.3 Å². The summed E-state index contributed by atoms with van der Waals surface area (Å²) in [6, 6.07) is 11.3. The molecule has 1 aromatic heterocycles. The molecule has 0 aliphatic heterocycles. The molecule has 3 rings (SSSR count). The zero-order valence-corrected chi connectivity index (χ0v) is 18.7. The first-order chi connectivity index (χ1) is 14.7. The molecule has 0 N–H and O–H groups in total. The summed E-state index contributed by atoms with van der Waals surface area (Å²) in [4.78, 5) is 16.4. The van der Waals surface area contributed by atoms with Crippen molar-refractivity contribution in [1.29, 1.82) is 0 Å². The van der Waals surface area contributed by atoms with Gasteiger partial charge in [-0.25, -0.2) is 17.8 Å². The van der Waals surface area contributed by atoms with Gasteiger partial charge in [0.15, 0.2) is 0 Å². The van der Waals surface area contributed by atoms with Crippen molar-refractivity contribution in [2.75, 3.05) is 13.6 Å². The summed E-state index contributed by atoms with van der Waals surface area (Å²) in [6.45, 7) is -0.358. The highest BCUT2D eigenvalue weighted by atomic mass is 35.5. The number of nitrogens with zero attached hydrogens (tertiary/aromatic N) is 2. The zero-order chi connectivity index (χ0) is 22.4. The Balaban J connectivity index is 1.48. The van der Waals surface area contributed by atoms with Crippen molar-refractivity contribution < 1.29 is 27.1 Å². The Kier molecular flexibility index (Phi) is 7.60. The van der Waals surface area contributed by atoms with Crippen LogP contribution in [0.2, 0.25) is 5.02 Å². The molecule has 0 aliphatic carbocycles. The third-order valence-corrected chi connectivity index (χ3v) is 6.97. The van der Waals surface area contributed by atoms with E-state index in [9.17, 15) is 17.6 Å². The molecule has 0 unspecified atom stereocenters. The van der Waals surface area contributed by atoms with E-state index in [2.05, 4.69) is 4.98 Å². The summed E-state index contributed by atoms with van der Waals surface area (Å²) in [5.41, 5.74) is 0.513. The lowest BCUT2D eigenvalue weighted by Crippen LogP contribution is -2.33. The van der Waals surface area contributed by atoms with Gasteiger partial charge in [0.2, 0.25) is 10.0 Å². The van der Waals surface area contributed by atoms with E-state index in [0.717, 1.165) is 4.31 Å². The molecule has 31 heavy (non-hydrogen) atoms. The summed E-state index contributed by atoms with van der Waals surface area (Å²) in [7, 11) is -2.56. The molecule has 11 heteroatoms. The number of thiazole rings is 1. The van der Waals surface area contributed by atoms with Crippen molar-refractivity contribution in [2.45, 2.75) is 18.1 Å². The first-order valence-electron chi connectivity index (χ1n) is 8.93. The highest BCUT2D eigenvalue weighted by molar-refractivity contribution is 7.89. The van der Waals surface area contributed by atoms with E-state index in [-0.39, 0.29) is 23.9 Å². The number of carbonyl (C=O) groups excluding carboxylic acids is 1. The molecule has 0 bridgehead atoms. The molecule has 0 spiro atoms. The monoisotopic (exact) mass is 484 g/mol. The van der Waals surface area contributed by atoms with Crippen LogP contribution in [0.1, 0.15) is 10.7 Å². The fourth-order valence-corrected chi connectivity index (χ4v) is 4.34. The van der Waals surface area contributed by atoms with E-state index in [1.54, 1.807) is 5.38 Å². The van der Waals surface area contributed by atoms with Gasteiger partial charge in [-0.3, -0.25) is 4.79 Å². The summed E-state index contributed by atoms with van der Waals surface area (Å²) in [5, 5.41) is 2.77. The number of benzene rings is 2. The van der Waals surface area contributed by atoms with Gasteiger partial charge in [0.05, 0.1) is 10.6 Å². The van der Waals surface area contributed by atoms with Crippen LogP contribution in [0, 0.1) is 5.82 Å². The topological polar surface area (TPSA) is 85.8 Å². The molecule has 2 aromatic carbocycles. The zero-order valence-electron chi connectivity index (χ0n) is 16.3. The van der Waals surface area contributed by atoms with Gasteiger partial charge in [-0.15, -0.1) is 11.3 Å². The summed E-state index contributed by atoms with van der Waals surface area (Å²) in [6.07, 6.45) is 0. The fraction of sp³-hybridized carbons (Fsp3) is 0.200. The summed E-state index contributed by atoms with van der Waals surface area (Å²) in [5.74, 6) is -0.552. The molecule has 0 saturated heterocycles. The van der Waals surface area contributed by atoms with Crippen LogP contribution in [0.4, 0.5) is 4.39 Å². The third-order valence-electron chi connectivity index (χ3n) is 4.03.